The van der Waals surface area contributed by atoms with Crippen LogP contribution in [0, 0.1) is 6.92 Å². The van der Waals surface area contributed by atoms with Gasteiger partial charge in [-0.05, 0) is 34.7 Å². The summed E-state index contributed by atoms with van der Waals surface area (Å²) in [5.74, 6) is -1.72. The van der Waals surface area contributed by atoms with E-state index in [0.717, 1.165) is 33.2 Å². The van der Waals surface area contributed by atoms with Gasteiger partial charge in [-0.15, -0.1) is 5.46 Å². The van der Waals surface area contributed by atoms with Gasteiger partial charge < -0.3 is 22.8 Å². The topological polar surface area (TPSA) is 66.8 Å². The van der Waals surface area contributed by atoms with E-state index in [-0.39, 0.29) is 23.8 Å². The zero-order chi connectivity index (χ0) is 23.9. The fourth-order valence-corrected chi connectivity index (χ4v) is 4.27. The number of nitrogens with zero attached hydrogens (tertiary/aromatic N) is 1. The van der Waals surface area contributed by atoms with E-state index in [4.69, 9.17) is 4.74 Å². The SMILES string of the molecule is Cc1c(C(=O)O)cc([B-](F)(F)F)cc1N(C)C(=O)OCC1c2ccccc2-c2ccccc21. The van der Waals surface area contributed by atoms with E-state index in [1.54, 1.807) is 0 Å². The Bertz CT molecular complexity index is 1210. The summed E-state index contributed by atoms with van der Waals surface area (Å²) in [7, 11) is 1.26. The van der Waals surface area contributed by atoms with Crippen molar-refractivity contribution < 1.29 is 32.4 Å². The Hall–Kier alpha value is -3.75. The lowest BCUT2D eigenvalue weighted by Crippen LogP contribution is -2.37. The number of anilines is 1. The van der Waals surface area contributed by atoms with Crippen molar-refractivity contribution in [1.82, 2.24) is 0 Å². The number of hydrogen-bond acceptors (Lipinski definition) is 3. The molecule has 0 heterocycles. The number of rotatable bonds is 5. The van der Waals surface area contributed by atoms with Crippen molar-refractivity contribution in [2.45, 2.75) is 12.8 Å². The number of ether oxygens (including phenoxy) is 1. The number of carbonyl (C=O) groups excluding carboxylic acids is 1. The molecule has 4 rings (SSSR count). The van der Waals surface area contributed by atoms with Gasteiger partial charge in [0.1, 0.15) is 6.61 Å². The van der Waals surface area contributed by atoms with Crippen LogP contribution in [-0.4, -0.2) is 37.8 Å². The molecule has 0 saturated carbocycles. The fraction of sp³-hybridized carbons (Fsp3) is 0.167. The van der Waals surface area contributed by atoms with Crippen LogP contribution in [0.4, 0.5) is 23.4 Å². The lowest BCUT2D eigenvalue weighted by atomic mass is 9.78. The number of carboxylic acid groups (broad SMARTS) is 1. The Morgan fingerprint density at radius 1 is 1.00 bits per heavy atom. The lowest BCUT2D eigenvalue weighted by Gasteiger charge is -2.25. The third-order valence-electron chi connectivity index (χ3n) is 5.98. The highest BCUT2D eigenvalue weighted by molar-refractivity contribution is 6.73. The van der Waals surface area contributed by atoms with E-state index in [1.165, 1.54) is 14.0 Å². The van der Waals surface area contributed by atoms with Gasteiger partial charge in [-0.3, -0.25) is 4.90 Å². The molecule has 0 saturated heterocycles. The van der Waals surface area contributed by atoms with E-state index >= 15 is 0 Å². The van der Waals surface area contributed by atoms with Crippen molar-refractivity contribution in [1.29, 1.82) is 0 Å². The molecule has 0 spiro atoms. The van der Waals surface area contributed by atoms with Crippen molar-refractivity contribution in [2.75, 3.05) is 18.6 Å². The van der Waals surface area contributed by atoms with E-state index < -0.39 is 30.1 Å². The van der Waals surface area contributed by atoms with E-state index in [2.05, 4.69) is 0 Å². The normalized spacial score (nSPS) is 12.8. The molecular formula is C24H20BF3NO4-. The van der Waals surface area contributed by atoms with E-state index in [0.29, 0.717) is 6.07 Å². The quantitative estimate of drug-likeness (QED) is 0.543. The smallest absolute Gasteiger partial charge is 0.478 e. The molecule has 0 fully saturated rings. The maximum absolute atomic E-state index is 13.4. The van der Waals surface area contributed by atoms with Gasteiger partial charge in [-0.2, -0.15) is 0 Å². The van der Waals surface area contributed by atoms with Gasteiger partial charge in [0.2, 0.25) is 0 Å². The van der Waals surface area contributed by atoms with E-state index in [1.807, 2.05) is 48.5 Å². The Labute approximate surface area is 188 Å². The summed E-state index contributed by atoms with van der Waals surface area (Å²) >= 11 is 0. The summed E-state index contributed by atoms with van der Waals surface area (Å²) in [6, 6.07) is 16.9. The molecule has 0 atom stereocenters. The number of hydrogen-bond donors (Lipinski definition) is 1. The van der Waals surface area contributed by atoms with Crippen LogP contribution in [0.1, 0.15) is 33.0 Å². The third kappa shape index (κ3) is 4.06. The molecule has 1 aliphatic rings. The van der Waals surface area contributed by atoms with Gasteiger partial charge in [0.15, 0.2) is 0 Å². The second-order valence-electron chi connectivity index (χ2n) is 7.96. The van der Waals surface area contributed by atoms with Crippen molar-refractivity contribution in [3.63, 3.8) is 0 Å². The third-order valence-corrected chi connectivity index (χ3v) is 5.98. The Morgan fingerprint density at radius 3 is 2.06 bits per heavy atom. The molecule has 9 heteroatoms. The van der Waals surface area contributed by atoms with Crippen molar-refractivity contribution >= 4 is 30.2 Å². The summed E-state index contributed by atoms with van der Waals surface area (Å²) in [6.07, 6.45) is -0.872. The number of aromatic carboxylic acids is 1. The van der Waals surface area contributed by atoms with Crippen molar-refractivity contribution in [3.8, 4) is 11.1 Å². The van der Waals surface area contributed by atoms with Gasteiger partial charge in [0.05, 0.1) is 5.56 Å². The number of amides is 1. The minimum absolute atomic E-state index is 0.00899. The molecule has 1 N–H and O–H groups in total. The highest BCUT2D eigenvalue weighted by atomic mass is 19.4. The molecule has 33 heavy (non-hydrogen) atoms. The van der Waals surface area contributed by atoms with Crippen LogP contribution in [0.25, 0.3) is 11.1 Å². The van der Waals surface area contributed by atoms with Crippen LogP contribution in [0.5, 0.6) is 0 Å². The fourth-order valence-electron chi connectivity index (χ4n) is 4.27. The molecule has 0 unspecified atom stereocenters. The van der Waals surface area contributed by atoms with Crippen LogP contribution in [0.3, 0.4) is 0 Å². The van der Waals surface area contributed by atoms with Crippen LogP contribution < -0.4 is 10.4 Å². The predicted octanol–water partition coefficient (Wildman–Crippen LogP) is 5.13. The van der Waals surface area contributed by atoms with Crippen LogP contribution in [0.15, 0.2) is 60.7 Å². The number of benzene rings is 3. The summed E-state index contributed by atoms with van der Waals surface area (Å²) < 4.78 is 45.6. The van der Waals surface area contributed by atoms with E-state index in [9.17, 15) is 27.6 Å². The first-order valence-electron chi connectivity index (χ1n) is 10.3. The monoisotopic (exact) mass is 454 g/mol. The predicted molar refractivity (Wildman–Crippen MR) is 120 cm³/mol. The van der Waals surface area contributed by atoms with Gasteiger partial charge in [-0.1, -0.05) is 60.7 Å². The lowest BCUT2D eigenvalue weighted by molar-refractivity contribution is 0.0696. The molecule has 5 nitrogen and oxygen atoms in total. The summed E-state index contributed by atoms with van der Waals surface area (Å²) in [4.78, 5) is 25.2. The van der Waals surface area contributed by atoms with Crippen molar-refractivity contribution in [2.24, 2.45) is 0 Å². The van der Waals surface area contributed by atoms with Crippen LogP contribution >= 0.6 is 0 Å². The first kappa shape index (κ1) is 22.4. The number of fused-ring (bicyclic) bond motifs is 3. The average Bonchev–Trinajstić information content (AvgIpc) is 3.10. The number of carboxylic acids is 1. The van der Waals surface area contributed by atoms with Gasteiger partial charge >= 0.3 is 19.0 Å². The standard InChI is InChI=1S/C24H20BF3NO4/c1-14-20(23(30)31)11-15(25(26,27)28)12-22(14)29(2)24(32)33-13-21-18-9-5-3-7-16(18)17-8-4-6-10-19(17)21/h3-12,21H,13H2,1-2H3,(H,30,31)/q-1. The number of halogens is 3. The Kier molecular flexibility index (Phi) is 5.65. The second-order valence-corrected chi connectivity index (χ2v) is 7.96. The van der Waals surface area contributed by atoms with Crippen LogP contribution in [0.2, 0.25) is 0 Å². The van der Waals surface area contributed by atoms with Gasteiger partial charge in [0.25, 0.3) is 0 Å². The first-order chi connectivity index (χ1) is 15.6. The molecule has 0 aliphatic heterocycles. The molecule has 0 radical (unpaired) electrons. The second kappa shape index (κ2) is 8.31. The molecule has 1 amide bonds. The van der Waals surface area contributed by atoms with Crippen LogP contribution in [-0.2, 0) is 4.74 Å². The van der Waals surface area contributed by atoms with Gasteiger partial charge in [-0.25, -0.2) is 9.59 Å². The molecule has 1 aliphatic carbocycles. The largest absolute Gasteiger partial charge is 0.509 e. The average molecular weight is 454 g/mol. The minimum Gasteiger partial charge on any atom is -0.478 e. The van der Waals surface area contributed by atoms with Gasteiger partial charge in [0, 0.05) is 18.7 Å². The summed E-state index contributed by atoms with van der Waals surface area (Å²) in [6.45, 7) is -4.11. The maximum Gasteiger partial charge on any atom is 0.509 e. The summed E-state index contributed by atoms with van der Waals surface area (Å²) in [5.41, 5.74) is 2.37. The highest BCUT2D eigenvalue weighted by Crippen LogP contribution is 2.44. The molecule has 3 aromatic carbocycles. The molecule has 170 valence electrons. The van der Waals surface area contributed by atoms with Crippen molar-refractivity contribution in [3.05, 3.63) is 82.9 Å². The molecule has 0 aromatic heterocycles. The molecular weight excluding hydrogens is 434 g/mol. The Morgan fingerprint density at radius 2 is 1.55 bits per heavy atom. The molecule has 3 aromatic rings. The zero-order valence-corrected chi connectivity index (χ0v) is 17.9. The first-order valence-corrected chi connectivity index (χ1v) is 10.3. The number of carbonyl (C=O) groups is 2. The minimum atomic E-state index is -5.46. The maximum atomic E-state index is 13.4. The highest BCUT2D eigenvalue weighted by Gasteiger charge is 2.31. The zero-order valence-electron chi connectivity index (χ0n) is 17.9. The Balaban J connectivity index is 1.61. The molecule has 0 bridgehead atoms. The summed E-state index contributed by atoms with van der Waals surface area (Å²) in [5, 5.41) is 9.34.